The number of aliphatic hydroxyl groups is 4. The van der Waals surface area contributed by atoms with E-state index in [9.17, 15) is 39.6 Å². The summed E-state index contributed by atoms with van der Waals surface area (Å²) in [5, 5.41) is 49.4. The van der Waals surface area contributed by atoms with Gasteiger partial charge in [-0.15, -0.1) is 11.6 Å². The SMILES string of the molecule is CC/C=C/C(OC(N)=O)C(Cl)C(O)CC(=O)C(O)C(O)C(C)\C(Cl)=C/C=C/C=C(C)/C=C/C=C/C(=O)O[C@@H]1C[C@@H](C(=O)O)CC[C@@H]1O. The fourth-order valence-electron chi connectivity index (χ4n) is 4.46. The first-order chi connectivity index (χ1) is 22.1. The number of rotatable bonds is 18. The molecule has 47 heavy (non-hydrogen) atoms. The Kier molecular flexibility index (Phi) is 19.2. The summed E-state index contributed by atoms with van der Waals surface area (Å²) in [5.74, 6) is -4.10. The number of allylic oxidation sites excluding steroid dienone is 9. The molecule has 262 valence electrons. The molecule has 7 N–H and O–H groups in total. The molecular formula is C33H45Cl2NO11. The van der Waals surface area contributed by atoms with E-state index < -0.39 is 84.1 Å². The standard InChI is InChI=1S/C33H45Cl2NO11/c1-4-5-13-26(47-33(36)45)29(35)24(38)18-25(39)31(42)30(41)20(3)22(34)12-8-6-10-19(2)11-7-9-14-28(40)46-27-17-21(32(43)44)15-16-23(27)37/h5-14,20-21,23-24,26-27,29-31,37-38,41-42H,4,15-18H2,1-3H3,(H2,36,45)(H,43,44)/b8-6+,11-7+,13-5+,14-9+,19-10+,22-12+/t20?,21-,23-,24?,26?,27+,29?,30?,31?/m0/s1. The summed E-state index contributed by atoms with van der Waals surface area (Å²) < 4.78 is 10.1. The van der Waals surface area contributed by atoms with E-state index >= 15 is 0 Å². The summed E-state index contributed by atoms with van der Waals surface area (Å²) in [7, 11) is 0. The number of aliphatic hydroxyl groups excluding tert-OH is 4. The molecule has 1 aliphatic rings. The molecule has 1 aliphatic carbocycles. The lowest BCUT2D eigenvalue weighted by atomic mass is 9.85. The van der Waals surface area contributed by atoms with Crippen molar-refractivity contribution in [3.8, 4) is 0 Å². The first-order valence-electron chi connectivity index (χ1n) is 15.1. The number of hydrogen-bond acceptors (Lipinski definition) is 10. The number of amides is 1. The molecule has 9 atom stereocenters. The van der Waals surface area contributed by atoms with E-state index in [0.717, 1.165) is 5.57 Å². The van der Waals surface area contributed by atoms with Crippen molar-refractivity contribution in [3.05, 3.63) is 71.4 Å². The first kappa shape index (κ1) is 41.8. The summed E-state index contributed by atoms with van der Waals surface area (Å²) in [5.41, 5.74) is 5.83. The van der Waals surface area contributed by atoms with Gasteiger partial charge < -0.3 is 40.7 Å². The molecule has 1 rings (SSSR count). The topological polar surface area (TPSA) is 214 Å². The summed E-state index contributed by atoms with van der Waals surface area (Å²) in [4.78, 5) is 47.0. The minimum atomic E-state index is -1.89. The third-order valence-electron chi connectivity index (χ3n) is 7.31. The van der Waals surface area contributed by atoms with E-state index in [-0.39, 0.29) is 17.9 Å². The molecule has 1 fully saturated rings. The number of alkyl halides is 1. The molecule has 1 amide bonds. The minimum Gasteiger partial charge on any atom is -0.481 e. The second-order valence-corrected chi connectivity index (χ2v) is 12.0. The van der Waals surface area contributed by atoms with Crippen LogP contribution in [0.4, 0.5) is 4.79 Å². The van der Waals surface area contributed by atoms with E-state index in [2.05, 4.69) is 0 Å². The Balaban J connectivity index is 2.66. The van der Waals surface area contributed by atoms with Crippen molar-refractivity contribution in [1.82, 2.24) is 0 Å². The molecule has 0 bridgehead atoms. The fourth-order valence-corrected chi connectivity index (χ4v) is 4.88. The molecule has 0 spiro atoms. The predicted octanol–water partition coefficient (Wildman–Crippen LogP) is 3.60. The lowest BCUT2D eigenvalue weighted by molar-refractivity contribution is -0.159. The van der Waals surface area contributed by atoms with Crippen molar-refractivity contribution in [2.45, 2.75) is 94.9 Å². The number of carbonyl (C=O) groups is 4. The number of carboxylic acid groups (broad SMARTS) is 1. The molecule has 0 aromatic carbocycles. The number of Topliss-reactive ketones (excluding diaryl/α,β-unsaturated/α-hetero) is 1. The van der Waals surface area contributed by atoms with Gasteiger partial charge in [-0.1, -0.05) is 73.6 Å². The maximum atomic E-state index is 12.6. The van der Waals surface area contributed by atoms with Crippen molar-refractivity contribution in [2.24, 2.45) is 17.6 Å². The molecule has 0 aliphatic heterocycles. The number of halogens is 2. The quantitative estimate of drug-likeness (QED) is 0.0399. The van der Waals surface area contributed by atoms with E-state index in [1.165, 1.54) is 31.2 Å². The number of nitrogens with two attached hydrogens (primary N) is 1. The summed E-state index contributed by atoms with van der Waals surface area (Å²) in [6.07, 6.45) is 6.95. The van der Waals surface area contributed by atoms with Gasteiger partial charge in [-0.2, -0.15) is 0 Å². The summed E-state index contributed by atoms with van der Waals surface area (Å²) in [6, 6.07) is 0. The van der Waals surface area contributed by atoms with Gasteiger partial charge in [0.1, 0.15) is 23.7 Å². The monoisotopic (exact) mass is 701 g/mol. The second kappa shape index (κ2) is 21.6. The number of carboxylic acids is 1. The van der Waals surface area contributed by atoms with Gasteiger partial charge in [-0.05, 0) is 38.3 Å². The second-order valence-electron chi connectivity index (χ2n) is 11.1. The van der Waals surface area contributed by atoms with Gasteiger partial charge in [0.15, 0.2) is 5.78 Å². The Morgan fingerprint density at radius 2 is 1.66 bits per heavy atom. The maximum Gasteiger partial charge on any atom is 0.405 e. The Morgan fingerprint density at radius 3 is 2.28 bits per heavy atom. The fraction of sp³-hybridized carbons (Fsp3) is 0.515. The van der Waals surface area contributed by atoms with Crippen LogP contribution < -0.4 is 5.73 Å². The normalized spacial score (nSPS) is 23.5. The number of ketones is 1. The van der Waals surface area contributed by atoms with E-state index in [4.69, 9.17) is 43.5 Å². The highest BCUT2D eigenvalue weighted by Gasteiger charge is 2.36. The Labute approximate surface area is 284 Å². The molecule has 14 heteroatoms. The van der Waals surface area contributed by atoms with Crippen LogP contribution in [0.25, 0.3) is 0 Å². The number of ether oxygens (including phenoxy) is 2. The number of esters is 1. The number of aliphatic carboxylic acids is 1. The van der Waals surface area contributed by atoms with Crippen LogP contribution in [0.15, 0.2) is 71.4 Å². The van der Waals surface area contributed by atoms with Crippen molar-refractivity contribution < 1.29 is 54.2 Å². The van der Waals surface area contributed by atoms with Crippen molar-refractivity contribution in [1.29, 1.82) is 0 Å². The van der Waals surface area contributed by atoms with E-state index in [0.29, 0.717) is 12.8 Å². The van der Waals surface area contributed by atoms with Crippen LogP contribution in [0.5, 0.6) is 0 Å². The highest BCUT2D eigenvalue weighted by molar-refractivity contribution is 6.30. The smallest absolute Gasteiger partial charge is 0.405 e. The average molecular weight is 703 g/mol. The van der Waals surface area contributed by atoms with E-state index in [1.807, 2.05) is 6.92 Å². The largest absolute Gasteiger partial charge is 0.481 e. The zero-order chi connectivity index (χ0) is 35.7. The Hall–Kier alpha value is -3.26. The van der Waals surface area contributed by atoms with Crippen molar-refractivity contribution >= 4 is 47.0 Å². The van der Waals surface area contributed by atoms with Gasteiger partial charge in [-0.3, -0.25) is 9.59 Å². The lowest BCUT2D eigenvalue weighted by Gasteiger charge is -2.30. The molecular weight excluding hydrogens is 657 g/mol. The van der Waals surface area contributed by atoms with Gasteiger partial charge in [-0.25, -0.2) is 9.59 Å². The van der Waals surface area contributed by atoms with Gasteiger partial charge in [0, 0.05) is 29.9 Å². The van der Waals surface area contributed by atoms with Crippen LogP contribution in [0.3, 0.4) is 0 Å². The van der Waals surface area contributed by atoms with Crippen molar-refractivity contribution in [2.75, 3.05) is 0 Å². The third-order valence-corrected chi connectivity index (χ3v) is 8.32. The highest BCUT2D eigenvalue weighted by atomic mass is 35.5. The average Bonchev–Trinajstić information content (AvgIpc) is 3.02. The molecule has 0 aromatic rings. The van der Waals surface area contributed by atoms with Crippen molar-refractivity contribution in [3.63, 3.8) is 0 Å². The molecule has 0 aromatic heterocycles. The number of primary amides is 1. The molecule has 6 unspecified atom stereocenters. The number of carbonyl (C=O) groups excluding carboxylic acids is 3. The molecule has 0 heterocycles. The highest BCUT2D eigenvalue weighted by Crippen LogP contribution is 2.27. The maximum absolute atomic E-state index is 12.6. The molecule has 0 saturated heterocycles. The zero-order valence-corrected chi connectivity index (χ0v) is 28.0. The minimum absolute atomic E-state index is 0.0584. The van der Waals surface area contributed by atoms with Crippen LogP contribution in [-0.4, -0.2) is 91.3 Å². The van der Waals surface area contributed by atoms with Crippen LogP contribution in [0.1, 0.15) is 52.9 Å². The van der Waals surface area contributed by atoms with Crippen LogP contribution >= 0.6 is 23.2 Å². The Bertz CT molecular complexity index is 1240. The zero-order valence-electron chi connectivity index (χ0n) is 26.5. The summed E-state index contributed by atoms with van der Waals surface area (Å²) in [6.45, 7) is 5.12. The molecule has 0 radical (unpaired) electrons. The van der Waals surface area contributed by atoms with Gasteiger partial charge in [0.25, 0.3) is 0 Å². The summed E-state index contributed by atoms with van der Waals surface area (Å²) >= 11 is 12.5. The van der Waals surface area contributed by atoms with Crippen LogP contribution in [-0.2, 0) is 23.9 Å². The molecule has 12 nitrogen and oxygen atoms in total. The van der Waals surface area contributed by atoms with Crippen LogP contribution in [0.2, 0.25) is 0 Å². The van der Waals surface area contributed by atoms with E-state index in [1.54, 1.807) is 43.4 Å². The van der Waals surface area contributed by atoms with Gasteiger partial charge in [0.2, 0.25) is 0 Å². The number of hydrogen-bond donors (Lipinski definition) is 6. The lowest BCUT2D eigenvalue weighted by Crippen LogP contribution is -2.43. The third kappa shape index (κ3) is 15.5. The van der Waals surface area contributed by atoms with Gasteiger partial charge >= 0.3 is 18.0 Å². The van der Waals surface area contributed by atoms with Gasteiger partial charge in [0.05, 0.1) is 24.2 Å². The molecule has 1 saturated carbocycles. The van der Waals surface area contributed by atoms with Crippen LogP contribution in [0, 0.1) is 11.8 Å². The predicted molar refractivity (Wildman–Crippen MR) is 176 cm³/mol. The first-order valence-corrected chi connectivity index (χ1v) is 15.9. The Morgan fingerprint density at radius 1 is 1.02 bits per heavy atom.